The molecule has 1 amide bonds. The first-order valence-corrected chi connectivity index (χ1v) is 9.57. The molecule has 0 aromatic heterocycles. The van der Waals surface area contributed by atoms with E-state index in [4.69, 9.17) is 16.9 Å². The summed E-state index contributed by atoms with van der Waals surface area (Å²) in [5.41, 5.74) is 0.984. The van der Waals surface area contributed by atoms with Crippen LogP contribution in [0.15, 0.2) is 47.4 Å². The Kier molecular flexibility index (Phi) is 6.03. The standard InChI is InChI=1S/C18H18ClN3O3S/c1-12(2)22(3)26(24,25)15-8-9-17(19)16(10-15)18(23)21-14-6-4-13(11-20)5-7-14/h4-10,12H,1-3H3,(H,21,23). The number of benzene rings is 2. The zero-order valence-corrected chi connectivity index (χ0v) is 16.1. The summed E-state index contributed by atoms with van der Waals surface area (Å²) in [4.78, 5) is 12.5. The molecule has 0 unspecified atom stereocenters. The Morgan fingerprint density at radius 1 is 1.19 bits per heavy atom. The van der Waals surface area contributed by atoms with Gasteiger partial charge in [0.05, 0.1) is 27.1 Å². The highest BCUT2D eigenvalue weighted by molar-refractivity contribution is 7.89. The van der Waals surface area contributed by atoms with Gasteiger partial charge < -0.3 is 5.32 Å². The molecule has 6 nitrogen and oxygen atoms in total. The molecule has 2 aromatic rings. The van der Waals surface area contributed by atoms with Crippen molar-refractivity contribution in [3.8, 4) is 6.07 Å². The molecule has 1 N–H and O–H groups in total. The van der Waals surface area contributed by atoms with E-state index in [-0.39, 0.29) is 21.5 Å². The molecule has 0 atom stereocenters. The number of carbonyl (C=O) groups excluding carboxylic acids is 1. The zero-order chi connectivity index (χ0) is 19.5. The molecule has 0 bridgehead atoms. The first kappa shape index (κ1) is 19.9. The summed E-state index contributed by atoms with van der Waals surface area (Å²) in [6, 6.07) is 12.1. The average molecular weight is 392 g/mol. The number of nitrogens with one attached hydrogen (secondary N) is 1. The van der Waals surface area contributed by atoms with Crippen molar-refractivity contribution in [1.82, 2.24) is 4.31 Å². The molecule has 0 aliphatic heterocycles. The second-order valence-electron chi connectivity index (χ2n) is 5.90. The van der Waals surface area contributed by atoms with E-state index in [1.807, 2.05) is 6.07 Å². The number of rotatable bonds is 5. The number of halogens is 1. The first-order valence-electron chi connectivity index (χ1n) is 7.76. The van der Waals surface area contributed by atoms with Crippen molar-refractivity contribution in [1.29, 1.82) is 5.26 Å². The molecule has 8 heteroatoms. The molecule has 0 saturated heterocycles. The molecular weight excluding hydrogens is 374 g/mol. The molecule has 0 fully saturated rings. The van der Waals surface area contributed by atoms with Crippen molar-refractivity contribution in [3.05, 3.63) is 58.6 Å². The van der Waals surface area contributed by atoms with Crippen LogP contribution in [0.5, 0.6) is 0 Å². The van der Waals surface area contributed by atoms with Crippen LogP contribution in [0, 0.1) is 11.3 Å². The van der Waals surface area contributed by atoms with Crippen LogP contribution in [-0.2, 0) is 10.0 Å². The third-order valence-corrected chi connectivity index (χ3v) is 6.22. The second-order valence-corrected chi connectivity index (χ2v) is 8.30. The van der Waals surface area contributed by atoms with E-state index in [0.717, 1.165) is 0 Å². The maximum absolute atomic E-state index is 12.6. The van der Waals surface area contributed by atoms with Crippen molar-refractivity contribution >= 4 is 33.2 Å². The molecule has 2 rings (SSSR count). The maximum atomic E-state index is 12.6. The minimum absolute atomic E-state index is 0.0110. The van der Waals surface area contributed by atoms with Gasteiger partial charge in [-0.25, -0.2) is 8.42 Å². The quantitative estimate of drug-likeness (QED) is 0.844. The van der Waals surface area contributed by atoms with Crippen LogP contribution in [-0.4, -0.2) is 31.7 Å². The van der Waals surface area contributed by atoms with Crippen molar-refractivity contribution < 1.29 is 13.2 Å². The van der Waals surface area contributed by atoms with Gasteiger partial charge in [-0.2, -0.15) is 9.57 Å². The summed E-state index contributed by atoms with van der Waals surface area (Å²) in [7, 11) is -2.26. The number of carbonyl (C=O) groups is 1. The maximum Gasteiger partial charge on any atom is 0.257 e. The molecule has 0 heterocycles. The molecule has 2 aromatic carbocycles. The lowest BCUT2D eigenvalue weighted by Gasteiger charge is -2.21. The highest BCUT2D eigenvalue weighted by Gasteiger charge is 2.25. The van der Waals surface area contributed by atoms with Gasteiger partial charge in [-0.1, -0.05) is 11.6 Å². The van der Waals surface area contributed by atoms with Gasteiger partial charge in [0.2, 0.25) is 10.0 Å². The number of hydrogen-bond acceptors (Lipinski definition) is 4. The summed E-state index contributed by atoms with van der Waals surface area (Å²) in [6.45, 7) is 3.51. The summed E-state index contributed by atoms with van der Waals surface area (Å²) in [5, 5.41) is 11.6. The highest BCUT2D eigenvalue weighted by Crippen LogP contribution is 2.24. The van der Waals surface area contributed by atoms with E-state index in [1.54, 1.807) is 38.1 Å². The molecule has 0 saturated carbocycles. The lowest BCUT2D eigenvalue weighted by molar-refractivity contribution is 0.102. The smallest absolute Gasteiger partial charge is 0.257 e. The van der Waals surface area contributed by atoms with E-state index in [9.17, 15) is 13.2 Å². The average Bonchev–Trinajstić information content (AvgIpc) is 2.61. The third-order valence-electron chi connectivity index (χ3n) is 3.86. The number of anilines is 1. The van der Waals surface area contributed by atoms with E-state index in [0.29, 0.717) is 11.3 Å². The number of amides is 1. The van der Waals surface area contributed by atoms with Crippen LogP contribution in [0.4, 0.5) is 5.69 Å². The first-order chi connectivity index (χ1) is 12.2. The minimum Gasteiger partial charge on any atom is -0.322 e. The van der Waals surface area contributed by atoms with Crippen molar-refractivity contribution in [2.24, 2.45) is 0 Å². The highest BCUT2D eigenvalue weighted by atomic mass is 35.5. The van der Waals surface area contributed by atoms with Gasteiger partial charge in [0.25, 0.3) is 5.91 Å². The molecule has 0 aliphatic carbocycles. The molecule has 0 radical (unpaired) electrons. The Balaban J connectivity index is 2.34. The Labute approximate surface area is 158 Å². The van der Waals surface area contributed by atoms with Crippen LogP contribution >= 0.6 is 11.6 Å². The van der Waals surface area contributed by atoms with Crippen molar-refractivity contribution in [2.75, 3.05) is 12.4 Å². The topological polar surface area (TPSA) is 90.3 Å². The summed E-state index contributed by atoms with van der Waals surface area (Å²) < 4.78 is 26.4. The van der Waals surface area contributed by atoms with Gasteiger partial charge in [-0.15, -0.1) is 0 Å². The Hall–Kier alpha value is -2.40. The van der Waals surface area contributed by atoms with Crippen LogP contribution in [0.1, 0.15) is 29.8 Å². The van der Waals surface area contributed by atoms with Crippen molar-refractivity contribution in [3.63, 3.8) is 0 Å². The summed E-state index contributed by atoms with van der Waals surface area (Å²) >= 11 is 6.08. The van der Waals surface area contributed by atoms with Crippen LogP contribution < -0.4 is 5.32 Å². The fourth-order valence-electron chi connectivity index (χ4n) is 2.11. The monoisotopic (exact) mass is 391 g/mol. The third kappa shape index (κ3) is 4.22. The number of hydrogen-bond donors (Lipinski definition) is 1. The largest absolute Gasteiger partial charge is 0.322 e. The van der Waals surface area contributed by atoms with E-state index < -0.39 is 15.9 Å². The molecular formula is C18H18ClN3O3S. The molecule has 136 valence electrons. The van der Waals surface area contributed by atoms with Crippen LogP contribution in [0.3, 0.4) is 0 Å². The molecule has 26 heavy (non-hydrogen) atoms. The lowest BCUT2D eigenvalue weighted by atomic mass is 10.2. The lowest BCUT2D eigenvalue weighted by Crippen LogP contribution is -2.33. The van der Waals surface area contributed by atoms with Gasteiger partial charge in [-0.05, 0) is 56.3 Å². The van der Waals surface area contributed by atoms with Crippen molar-refractivity contribution in [2.45, 2.75) is 24.8 Å². The second kappa shape index (κ2) is 7.87. The normalized spacial score (nSPS) is 11.4. The number of nitriles is 1. The Morgan fingerprint density at radius 3 is 2.35 bits per heavy atom. The Bertz CT molecular complexity index is 964. The van der Waals surface area contributed by atoms with Gasteiger partial charge in [0.1, 0.15) is 0 Å². The number of nitrogens with zero attached hydrogens (tertiary/aromatic N) is 2. The summed E-state index contributed by atoms with van der Waals surface area (Å²) in [5.74, 6) is -0.538. The SMILES string of the molecule is CC(C)N(C)S(=O)(=O)c1ccc(Cl)c(C(=O)Nc2ccc(C#N)cc2)c1. The van der Waals surface area contributed by atoms with Gasteiger partial charge in [-0.3, -0.25) is 4.79 Å². The predicted octanol–water partition coefficient (Wildman–Crippen LogP) is 3.49. The zero-order valence-electron chi connectivity index (χ0n) is 14.5. The fraction of sp³-hybridized carbons (Fsp3) is 0.222. The Morgan fingerprint density at radius 2 is 1.81 bits per heavy atom. The van der Waals surface area contributed by atoms with Gasteiger partial charge >= 0.3 is 0 Å². The van der Waals surface area contributed by atoms with Gasteiger partial charge in [0.15, 0.2) is 0 Å². The summed E-state index contributed by atoms with van der Waals surface area (Å²) in [6.07, 6.45) is 0. The van der Waals surface area contributed by atoms with E-state index >= 15 is 0 Å². The molecule has 0 spiro atoms. The predicted molar refractivity (Wildman–Crippen MR) is 101 cm³/mol. The van der Waals surface area contributed by atoms with Crippen LogP contribution in [0.2, 0.25) is 5.02 Å². The fourth-order valence-corrected chi connectivity index (χ4v) is 3.71. The van der Waals surface area contributed by atoms with E-state index in [2.05, 4.69) is 5.32 Å². The van der Waals surface area contributed by atoms with Crippen LogP contribution in [0.25, 0.3) is 0 Å². The number of sulfonamides is 1. The molecule has 0 aliphatic rings. The van der Waals surface area contributed by atoms with E-state index in [1.165, 1.54) is 29.6 Å². The minimum atomic E-state index is -3.73. The van der Waals surface area contributed by atoms with Gasteiger partial charge in [0, 0.05) is 18.8 Å².